The van der Waals surface area contributed by atoms with Gasteiger partial charge >= 0.3 is 5.97 Å². The van der Waals surface area contributed by atoms with Gasteiger partial charge in [0.05, 0.1) is 17.3 Å². The van der Waals surface area contributed by atoms with E-state index in [0.29, 0.717) is 22.8 Å². The number of rotatable bonds is 7. The number of nitrogens with one attached hydrogen (secondary N) is 2. The third-order valence-corrected chi connectivity index (χ3v) is 2.97. The van der Waals surface area contributed by atoms with E-state index in [2.05, 4.69) is 15.4 Å². The Morgan fingerprint density at radius 2 is 1.91 bits per heavy atom. The van der Waals surface area contributed by atoms with Gasteiger partial charge in [0, 0.05) is 24.3 Å². The first-order valence-corrected chi connectivity index (χ1v) is 7.59. The molecular formula is C16H19ClN2O4. The molecule has 0 spiro atoms. The molecule has 0 aromatic heterocycles. The van der Waals surface area contributed by atoms with E-state index in [-0.39, 0.29) is 12.5 Å². The van der Waals surface area contributed by atoms with Gasteiger partial charge in [0.2, 0.25) is 11.8 Å². The first-order chi connectivity index (χ1) is 11.0. The zero-order chi connectivity index (χ0) is 17.2. The Balaban J connectivity index is 2.73. The Morgan fingerprint density at radius 1 is 1.17 bits per heavy atom. The maximum Gasteiger partial charge on any atom is 0.330 e. The molecule has 7 heteroatoms. The van der Waals surface area contributed by atoms with Crippen LogP contribution < -0.4 is 10.6 Å². The van der Waals surface area contributed by atoms with Gasteiger partial charge in [-0.1, -0.05) is 18.5 Å². The molecule has 0 radical (unpaired) electrons. The average molecular weight is 339 g/mol. The quantitative estimate of drug-likeness (QED) is 0.591. The molecule has 0 fully saturated rings. The highest BCUT2D eigenvalue weighted by Gasteiger charge is 2.07. The predicted octanol–water partition coefficient (Wildman–Crippen LogP) is 3.14. The van der Waals surface area contributed by atoms with E-state index >= 15 is 0 Å². The van der Waals surface area contributed by atoms with E-state index in [1.165, 1.54) is 0 Å². The van der Waals surface area contributed by atoms with Crippen molar-refractivity contribution in [3.8, 4) is 0 Å². The molecule has 124 valence electrons. The number of esters is 1. The third-order valence-electron chi connectivity index (χ3n) is 2.64. The molecule has 0 heterocycles. The Morgan fingerprint density at radius 3 is 2.57 bits per heavy atom. The van der Waals surface area contributed by atoms with Crippen LogP contribution in [0.15, 0.2) is 30.4 Å². The molecule has 0 unspecified atom stereocenters. The van der Waals surface area contributed by atoms with Gasteiger partial charge in [0.25, 0.3) is 0 Å². The van der Waals surface area contributed by atoms with Crippen LogP contribution in [0, 0.1) is 0 Å². The lowest BCUT2D eigenvalue weighted by Gasteiger charge is -2.09. The van der Waals surface area contributed by atoms with Crippen molar-refractivity contribution < 1.29 is 19.1 Å². The van der Waals surface area contributed by atoms with Crippen molar-refractivity contribution in [3.05, 3.63) is 35.4 Å². The number of hydrogen-bond acceptors (Lipinski definition) is 4. The van der Waals surface area contributed by atoms with Gasteiger partial charge < -0.3 is 15.4 Å². The van der Waals surface area contributed by atoms with Crippen molar-refractivity contribution in [3.63, 3.8) is 0 Å². The Kier molecular flexibility index (Phi) is 7.83. The molecule has 2 N–H and O–H groups in total. The SMILES string of the molecule is CCCC(=O)Nc1ccc(Cl)c(NC(=O)/C=C/C(=O)OCC)c1. The standard InChI is InChI=1S/C16H19ClN2O4/c1-3-5-14(20)18-11-6-7-12(17)13(10-11)19-15(21)8-9-16(22)23-4-2/h6-10H,3-5H2,1-2H3,(H,18,20)(H,19,21)/b9-8+. The van der Waals surface area contributed by atoms with Crippen LogP contribution in [0.25, 0.3) is 0 Å². The zero-order valence-electron chi connectivity index (χ0n) is 13.0. The van der Waals surface area contributed by atoms with E-state index in [9.17, 15) is 14.4 Å². The highest BCUT2D eigenvalue weighted by Crippen LogP contribution is 2.25. The summed E-state index contributed by atoms with van der Waals surface area (Å²) in [6, 6.07) is 4.75. The van der Waals surface area contributed by atoms with Gasteiger partial charge in [-0.15, -0.1) is 0 Å². The van der Waals surface area contributed by atoms with Crippen LogP contribution in [0.5, 0.6) is 0 Å². The fourth-order valence-corrected chi connectivity index (χ4v) is 1.82. The van der Waals surface area contributed by atoms with E-state index in [4.69, 9.17) is 11.6 Å². The van der Waals surface area contributed by atoms with Gasteiger partial charge in [-0.3, -0.25) is 9.59 Å². The van der Waals surface area contributed by atoms with Gasteiger partial charge in [0.1, 0.15) is 0 Å². The number of carbonyl (C=O) groups excluding carboxylic acids is 3. The Labute approximate surface area is 139 Å². The second kappa shape index (κ2) is 9.63. The van der Waals surface area contributed by atoms with Crippen LogP contribution >= 0.6 is 11.6 Å². The largest absolute Gasteiger partial charge is 0.463 e. The van der Waals surface area contributed by atoms with Crippen LogP contribution in [0.2, 0.25) is 5.02 Å². The van der Waals surface area contributed by atoms with Crippen LogP contribution in [-0.2, 0) is 19.1 Å². The smallest absolute Gasteiger partial charge is 0.330 e. The topological polar surface area (TPSA) is 84.5 Å². The summed E-state index contributed by atoms with van der Waals surface area (Å²) in [5, 5.41) is 5.56. The number of hydrogen-bond donors (Lipinski definition) is 2. The normalized spacial score (nSPS) is 10.4. The molecule has 0 saturated heterocycles. The Bertz CT molecular complexity index is 614. The van der Waals surface area contributed by atoms with Crippen LogP contribution in [0.3, 0.4) is 0 Å². The second-order valence-corrected chi connectivity index (χ2v) is 4.97. The Hall–Kier alpha value is -2.34. The molecule has 0 bridgehead atoms. The number of ether oxygens (including phenoxy) is 1. The van der Waals surface area contributed by atoms with Crippen LogP contribution in [-0.4, -0.2) is 24.4 Å². The number of benzene rings is 1. The van der Waals surface area contributed by atoms with Crippen LogP contribution in [0.1, 0.15) is 26.7 Å². The zero-order valence-corrected chi connectivity index (χ0v) is 13.8. The molecule has 2 amide bonds. The van der Waals surface area contributed by atoms with Crippen molar-refractivity contribution >= 4 is 40.8 Å². The summed E-state index contributed by atoms with van der Waals surface area (Å²) in [5.41, 5.74) is 0.858. The molecule has 1 aromatic rings. The molecule has 0 aliphatic carbocycles. The van der Waals surface area contributed by atoms with Crippen molar-refractivity contribution in [2.24, 2.45) is 0 Å². The highest BCUT2D eigenvalue weighted by atomic mass is 35.5. The summed E-state index contributed by atoms with van der Waals surface area (Å²) in [4.78, 5) is 34.5. The van der Waals surface area contributed by atoms with E-state index in [1.807, 2.05) is 6.92 Å². The minimum absolute atomic E-state index is 0.116. The van der Waals surface area contributed by atoms with Crippen molar-refractivity contribution in [2.75, 3.05) is 17.2 Å². The fourth-order valence-electron chi connectivity index (χ4n) is 1.66. The van der Waals surface area contributed by atoms with Gasteiger partial charge in [-0.05, 0) is 31.5 Å². The summed E-state index contributed by atoms with van der Waals surface area (Å²) >= 11 is 6.01. The molecule has 1 aromatic carbocycles. The summed E-state index contributed by atoms with van der Waals surface area (Å²) in [7, 11) is 0. The highest BCUT2D eigenvalue weighted by molar-refractivity contribution is 6.34. The number of anilines is 2. The number of halogens is 1. The van der Waals surface area contributed by atoms with Crippen molar-refractivity contribution in [2.45, 2.75) is 26.7 Å². The summed E-state index contributed by atoms with van der Waals surface area (Å²) in [6.07, 6.45) is 3.23. The molecule has 6 nitrogen and oxygen atoms in total. The number of carbonyl (C=O) groups is 3. The fraction of sp³-hybridized carbons (Fsp3) is 0.312. The first kappa shape index (κ1) is 18.7. The van der Waals surface area contributed by atoms with Crippen molar-refractivity contribution in [1.29, 1.82) is 0 Å². The summed E-state index contributed by atoms with van der Waals surface area (Å²) in [6.45, 7) is 3.81. The molecule has 23 heavy (non-hydrogen) atoms. The minimum atomic E-state index is -0.602. The average Bonchev–Trinajstić information content (AvgIpc) is 2.49. The minimum Gasteiger partial charge on any atom is -0.463 e. The molecular weight excluding hydrogens is 320 g/mol. The second-order valence-electron chi connectivity index (χ2n) is 4.57. The summed E-state index contributed by atoms with van der Waals surface area (Å²) < 4.78 is 4.67. The van der Waals surface area contributed by atoms with Gasteiger partial charge in [0.15, 0.2) is 0 Å². The molecule has 0 saturated carbocycles. The van der Waals surface area contributed by atoms with E-state index in [1.54, 1.807) is 25.1 Å². The maximum atomic E-state index is 11.8. The van der Waals surface area contributed by atoms with Gasteiger partial charge in [-0.2, -0.15) is 0 Å². The van der Waals surface area contributed by atoms with E-state index < -0.39 is 11.9 Å². The van der Waals surface area contributed by atoms with Crippen molar-refractivity contribution in [1.82, 2.24) is 0 Å². The van der Waals surface area contributed by atoms with Crippen LogP contribution in [0.4, 0.5) is 11.4 Å². The van der Waals surface area contributed by atoms with E-state index in [0.717, 1.165) is 18.6 Å². The summed E-state index contributed by atoms with van der Waals surface area (Å²) in [5.74, 6) is -1.25. The first-order valence-electron chi connectivity index (χ1n) is 7.21. The molecule has 0 aliphatic rings. The number of amides is 2. The lowest BCUT2D eigenvalue weighted by molar-refractivity contribution is -0.137. The molecule has 1 rings (SSSR count). The third kappa shape index (κ3) is 6.97. The monoisotopic (exact) mass is 338 g/mol. The molecule has 0 aliphatic heterocycles. The maximum absolute atomic E-state index is 11.8. The lowest BCUT2D eigenvalue weighted by atomic mass is 10.2. The molecule has 0 atom stereocenters. The van der Waals surface area contributed by atoms with Gasteiger partial charge in [-0.25, -0.2) is 4.79 Å². The predicted molar refractivity (Wildman–Crippen MR) is 89.4 cm³/mol. The lowest BCUT2D eigenvalue weighted by Crippen LogP contribution is -2.12.